The zero-order valence-electron chi connectivity index (χ0n) is 14.9. The molecule has 1 heterocycles. The topological polar surface area (TPSA) is 41.9 Å². The Balaban J connectivity index is 1.97. The lowest BCUT2D eigenvalue weighted by atomic mass is 9.70. The second-order valence-electron chi connectivity index (χ2n) is 7.76. The molecule has 1 N–H and O–H groups in total. The average molecular weight is 311 g/mol. The maximum atomic E-state index is 10.8. The standard InChI is InChI=1S/C18H33NO3/c1-6-12-19(7-2)13-15-14-21-18(22-15)10-8-17(20,9-11-18)16(3,4)5/h8,10,15,20H,6-7,9,11-14H2,1-5H3. The quantitative estimate of drug-likeness (QED) is 0.793. The van der Waals surface area contributed by atoms with Gasteiger partial charge in [-0.15, -0.1) is 0 Å². The lowest BCUT2D eigenvalue weighted by molar-refractivity contribution is -0.159. The van der Waals surface area contributed by atoms with Gasteiger partial charge in [0.2, 0.25) is 0 Å². The summed E-state index contributed by atoms with van der Waals surface area (Å²) in [6.45, 7) is 14.3. The van der Waals surface area contributed by atoms with E-state index in [4.69, 9.17) is 9.47 Å². The van der Waals surface area contributed by atoms with Gasteiger partial charge in [0, 0.05) is 13.0 Å². The summed E-state index contributed by atoms with van der Waals surface area (Å²) in [5.74, 6) is -0.617. The van der Waals surface area contributed by atoms with Crippen LogP contribution in [0.25, 0.3) is 0 Å². The first-order chi connectivity index (χ1) is 10.2. The van der Waals surface area contributed by atoms with Gasteiger partial charge in [-0.3, -0.25) is 0 Å². The molecule has 0 saturated carbocycles. The van der Waals surface area contributed by atoms with E-state index in [1.54, 1.807) is 0 Å². The zero-order valence-corrected chi connectivity index (χ0v) is 14.9. The van der Waals surface area contributed by atoms with Crippen molar-refractivity contribution in [2.75, 3.05) is 26.2 Å². The minimum absolute atomic E-state index is 0.122. The van der Waals surface area contributed by atoms with Crippen LogP contribution < -0.4 is 0 Å². The van der Waals surface area contributed by atoms with Crippen molar-refractivity contribution in [3.05, 3.63) is 12.2 Å². The van der Waals surface area contributed by atoms with Gasteiger partial charge in [-0.2, -0.15) is 0 Å². The first-order valence-electron chi connectivity index (χ1n) is 8.70. The Morgan fingerprint density at radius 2 is 1.95 bits per heavy atom. The van der Waals surface area contributed by atoms with E-state index in [2.05, 4.69) is 39.5 Å². The molecule has 0 aromatic rings. The fourth-order valence-corrected chi connectivity index (χ4v) is 3.30. The number of likely N-dealkylation sites (N-methyl/N-ethyl adjacent to an activating group) is 1. The van der Waals surface area contributed by atoms with Crippen LogP contribution in [-0.4, -0.2) is 53.7 Å². The predicted octanol–water partition coefficient (Wildman–Crippen LogP) is 2.96. The Bertz CT molecular complexity index is 404. The molecule has 4 nitrogen and oxygen atoms in total. The van der Waals surface area contributed by atoms with E-state index in [0.717, 1.165) is 26.1 Å². The maximum Gasteiger partial charge on any atom is 0.188 e. The van der Waals surface area contributed by atoms with Crippen molar-refractivity contribution in [3.63, 3.8) is 0 Å². The van der Waals surface area contributed by atoms with Crippen LogP contribution in [0.3, 0.4) is 0 Å². The normalized spacial score (nSPS) is 35.7. The van der Waals surface area contributed by atoms with E-state index in [9.17, 15) is 5.11 Å². The average Bonchev–Trinajstić information content (AvgIpc) is 2.84. The molecule has 1 aliphatic heterocycles. The Kier molecular flexibility index (Phi) is 5.38. The molecular formula is C18H33NO3. The summed E-state index contributed by atoms with van der Waals surface area (Å²) >= 11 is 0. The van der Waals surface area contributed by atoms with Crippen LogP contribution in [0, 0.1) is 5.41 Å². The van der Waals surface area contributed by atoms with Gasteiger partial charge in [0.25, 0.3) is 0 Å². The lowest BCUT2D eigenvalue weighted by Gasteiger charge is -2.43. The van der Waals surface area contributed by atoms with Gasteiger partial charge in [0.1, 0.15) is 0 Å². The molecule has 0 bridgehead atoms. The third-order valence-corrected chi connectivity index (χ3v) is 5.09. The van der Waals surface area contributed by atoms with Gasteiger partial charge in [-0.25, -0.2) is 0 Å². The van der Waals surface area contributed by atoms with Gasteiger partial charge < -0.3 is 19.5 Å². The second kappa shape index (κ2) is 6.60. The van der Waals surface area contributed by atoms with Crippen molar-refractivity contribution in [2.24, 2.45) is 5.41 Å². The highest BCUT2D eigenvalue weighted by molar-refractivity contribution is 5.17. The summed E-state index contributed by atoms with van der Waals surface area (Å²) in [4.78, 5) is 2.41. The molecule has 2 rings (SSSR count). The number of ether oxygens (including phenoxy) is 2. The van der Waals surface area contributed by atoms with Crippen molar-refractivity contribution in [1.82, 2.24) is 4.90 Å². The largest absolute Gasteiger partial charge is 0.385 e. The molecule has 3 unspecified atom stereocenters. The molecule has 0 aromatic heterocycles. The number of nitrogens with zero attached hydrogens (tertiary/aromatic N) is 1. The SMILES string of the molecule is CCCN(CC)CC1COC2(C=CC(O)(C(C)(C)C)CC2)O1. The number of hydrogen-bond acceptors (Lipinski definition) is 4. The van der Waals surface area contributed by atoms with Gasteiger partial charge >= 0.3 is 0 Å². The Hall–Kier alpha value is -0.420. The minimum Gasteiger partial charge on any atom is -0.385 e. The molecular weight excluding hydrogens is 278 g/mol. The Morgan fingerprint density at radius 3 is 2.45 bits per heavy atom. The van der Waals surface area contributed by atoms with Crippen LogP contribution in [-0.2, 0) is 9.47 Å². The summed E-state index contributed by atoms with van der Waals surface area (Å²) < 4.78 is 12.2. The van der Waals surface area contributed by atoms with Gasteiger partial charge in [0.15, 0.2) is 5.79 Å². The van der Waals surface area contributed by atoms with Crippen molar-refractivity contribution < 1.29 is 14.6 Å². The lowest BCUT2D eigenvalue weighted by Crippen LogP contribution is -2.47. The van der Waals surface area contributed by atoms with Gasteiger partial charge in [-0.1, -0.05) is 40.7 Å². The van der Waals surface area contributed by atoms with Crippen LogP contribution in [0.2, 0.25) is 0 Å². The molecule has 1 aliphatic carbocycles. The van der Waals surface area contributed by atoms with E-state index >= 15 is 0 Å². The summed E-state index contributed by atoms with van der Waals surface area (Å²) in [5.41, 5.74) is -0.954. The van der Waals surface area contributed by atoms with E-state index in [0.29, 0.717) is 19.4 Å². The van der Waals surface area contributed by atoms with Gasteiger partial charge in [-0.05, 0) is 37.4 Å². The number of rotatable bonds is 5. The molecule has 0 radical (unpaired) electrons. The van der Waals surface area contributed by atoms with Crippen LogP contribution in [0.1, 0.15) is 53.9 Å². The van der Waals surface area contributed by atoms with Crippen molar-refractivity contribution >= 4 is 0 Å². The smallest absolute Gasteiger partial charge is 0.188 e. The number of hydrogen-bond donors (Lipinski definition) is 1. The molecule has 1 fully saturated rings. The van der Waals surface area contributed by atoms with E-state index in [1.807, 2.05) is 12.2 Å². The molecule has 3 atom stereocenters. The first-order valence-corrected chi connectivity index (χ1v) is 8.70. The third kappa shape index (κ3) is 3.73. The van der Waals surface area contributed by atoms with Crippen LogP contribution >= 0.6 is 0 Å². The first kappa shape index (κ1) is 17.9. The fourth-order valence-electron chi connectivity index (χ4n) is 3.30. The summed E-state index contributed by atoms with van der Waals surface area (Å²) in [5, 5.41) is 10.8. The molecule has 4 heteroatoms. The summed E-state index contributed by atoms with van der Waals surface area (Å²) in [6, 6.07) is 0. The van der Waals surface area contributed by atoms with Crippen molar-refractivity contribution in [2.45, 2.75) is 71.4 Å². The summed E-state index contributed by atoms with van der Waals surface area (Å²) in [6.07, 6.45) is 6.50. The second-order valence-corrected chi connectivity index (χ2v) is 7.76. The molecule has 0 aromatic carbocycles. The molecule has 0 amide bonds. The monoisotopic (exact) mass is 311 g/mol. The fraction of sp³-hybridized carbons (Fsp3) is 0.889. The van der Waals surface area contributed by atoms with Crippen LogP contribution in [0.5, 0.6) is 0 Å². The molecule has 1 spiro atoms. The highest BCUT2D eigenvalue weighted by Gasteiger charge is 2.48. The van der Waals surface area contributed by atoms with E-state index < -0.39 is 11.4 Å². The number of aliphatic hydroxyl groups is 1. The third-order valence-electron chi connectivity index (χ3n) is 5.09. The van der Waals surface area contributed by atoms with E-state index in [1.165, 1.54) is 0 Å². The zero-order chi connectivity index (χ0) is 16.4. The van der Waals surface area contributed by atoms with Crippen LogP contribution in [0.15, 0.2) is 12.2 Å². The highest BCUT2D eigenvalue weighted by atomic mass is 16.7. The van der Waals surface area contributed by atoms with Crippen LogP contribution in [0.4, 0.5) is 0 Å². The Morgan fingerprint density at radius 1 is 1.23 bits per heavy atom. The molecule has 128 valence electrons. The molecule has 1 saturated heterocycles. The molecule has 2 aliphatic rings. The van der Waals surface area contributed by atoms with Crippen molar-refractivity contribution in [3.8, 4) is 0 Å². The summed E-state index contributed by atoms with van der Waals surface area (Å²) in [7, 11) is 0. The van der Waals surface area contributed by atoms with Crippen molar-refractivity contribution in [1.29, 1.82) is 0 Å². The van der Waals surface area contributed by atoms with E-state index in [-0.39, 0.29) is 11.5 Å². The highest BCUT2D eigenvalue weighted by Crippen LogP contribution is 2.44. The predicted molar refractivity (Wildman–Crippen MR) is 88.7 cm³/mol. The molecule has 22 heavy (non-hydrogen) atoms. The Labute approximate surface area is 135 Å². The minimum atomic E-state index is -0.777. The maximum absolute atomic E-state index is 10.8. The van der Waals surface area contributed by atoms with Gasteiger partial charge in [0.05, 0.1) is 18.3 Å².